The Bertz CT molecular complexity index is 574. The fourth-order valence-corrected chi connectivity index (χ4v) is 2.77. The molecule has 8 nitrogen and oxygen atoms in total. The molecule has 0 bridgehead atoms. The van der Waals surface area contributed by atoms with Crippen molar-refractivity contribution in [3.05, 3.63) is 29.8 Å². The van der Waals surface area contributed by atoms with E-state index in [1.807, 2.05) is 6.92 Å². The van der Waals surface area contributed by atoms with E-state index in [9.17, 15) is 8.42 Å². The highest BCUT2D eigenvalue weighted by Crippen LogP contribution is 2.12. The Hall–Kier alpha value is -1.07. The Labute approximate surface area is 161 Å². The first-order valence-corrected chi connectivity index (χ1v) is 10.2. The summed E-state index contributed by atoms with van der Waals surface area (Å²) in [4.78, 5) is 0.139. The van der Waals surface area contributed by atoms with Gasteiger partial charge in [0.1, 0.15) is 0 Å². The maximum absolute atomic E-state index is 11.9. The summed E-state index contributed by atoms with van der Waals surface area (Å²) >= 11 is 0. The van der Waals surface area contributed by atoms with Gasteiger partial charge in [-0.2, -0.15) is 8.42 Å². The maximum Gasteiger partial charge on any atom is 0.297 e. The van der Waals surface area contributed by atoms with E-state index >= 15 is 0 Å². The van der Waals surface area contributed by atoms with Crippen LogP contribution in [0.15, 0.2) is 29.2 Å². The molecule has 9 heteroatoms. The molecule has 0 radical (unpaired) electrons. The number of hydrogen-bond acceptors (Lipinski definition) is 8. The normalized spacial score (nSPS) is 11.8. The first kappa shape index (κ1) is 24.0. The lowest BCUT2D eigenvalue weighted by molar-refractivity contribution is -0.00964. The average molecular weight is 406 g/mol. The van der Waals surface area contributed by atoms with Crippen molar-refractivity contribution < 1.29 is 36.3 Å². The second-order valence-electron chi connectivity index (χ2n) is 5.53. The van der Waals surface area contributed by atoms with Gasteiger partial charge in [-0.1, -0.05) is 17.7 Å². The van der Waals surface area contributed by atoms with Crippen LogP contribution in [-0.4, -0.2) is 81.6 Å². The summed E-state index contributed by atoms with van der Waals surface area (Å²) < 4.78 is 54.9. The van der Waals surface area contributed by atoms with E-state index in [0.29, 0.717) is 52.9 Å². The molecule has 0 aliphatic heterocycles. The molecule has 0 aromatic heterocycles. The molecule has 1 rings (SSSR count). The fourth-order valence-electron chi connectivity index (χ4n) is 1.88. The zero-order valence-corrected chi connectivity index (χ0v) is 16.9. The van der Waals surface area contributed by atoms with Gasteiger partial charge in [-0.25, -0.2) is 0 Å². The van der Waals surface area contributed by atoms with Crippen LogP contribution < -0.4 is 0 Å². The number of hydrogen-bond donors (Lipinski definition) is 0. The van der Waals surface area contributed by atoms with Gasteiger partial charge in [0.15, 0.2) is 0 Å². The minimum Gasteiger partial charge on any atom is -0.382 e. The largest absolute Gasteiger partial charge is 0.382 e. The molecular weight excluding hydrogens is 376 g/mol. The molecule has 0 aliphatic rings. The summed E-state index contributed by atoms with van der Waals surface area (Å²) in [5, 5.41) is 0. The predicted molar refractivity (Wildman–Crippen MR) is 99.5 cm³/mol. The third kappa shape index (κ3) is 12.1. The van der Waals surface area contributed by atoms with Crippen LogP contribution in [0.2, 0.25) is 0 Å². The van der Waals surface area contributed by atoms with Crippen LogP contribution in [0.1, 0.15) is 5.56 Å². The average Bonchev–Trinajstić information content (AvgIpc) is 2.65. The number of rotatable bonds is 17. The summed E-state index contributed by atoms with van der Waals surface area (Å²) in [5.41, 5.74) is 0.984. The zero-order valence-electron chi connectivity index (χ0n) is 16.1. The van der Waals surface area contributed by atoms with E-state index < -0.39 is 10.1 Å². The van der Waals surface area contributed by atoms with Crippen molar-refractivity contribution in [2.45, 2.75) is 11.8 Å². The molecule has 0 fully saturated rings. The van der Waals surface area contributed by atoms with Crippen LogP contribution in [0.4, 0.5) is 0 Å². The van der Waals surface area contributed by atoms with Crippen LogP contribution in [-0.2, 0) is 38.0 Å². The van der Waals surface area contributed by atoms with Crippen molar-refractivity contribution in [1.82, 2.24) is 0 Å². The van der Waals surface area contributed by atoms with Gasteiger partial charge in [0.25, 0.3) is 10.1 Å². The SMILES string of the molecule is COCCOCCOCCOCCOCCOS(=O)(=O)c1ccc(C)cc1. The highest BCUT2D eigenvalue weighted by Gasteiger charge is 2.14. The molecule has 0 unspecified atom stereocenters. The minimum absolute atomic E-state index is 0.0393. The number of ether oxygens (including phenoxy) is 5. The van der Waals surface area contributed by atoms with Crippen LogP contribution in [0.5, 0.6) is 0 Å². The molecule has 0 aliphatic carbocycles. The van der Waals surface area contributed by atoms with Gasteiger partial charge in [-0.05, 0) is 19.1 Å². The van der Waals surface area contributed by atoms with E-state index in [1.165, 1.54) is 12.1 Å². The zero-order chi connectivity index (χ0) is 19.8. The fraction of sp³-hybridized carbons (Fsp3) is 0.667. The van der Waals surface area contributed by atoms with Crippen molar-refractivity contribution in [3.63, 3.8) is 0 Å². The highest BCUT2D eigenvalue weighted by atomic mass is 32.2. The Kier molecular flexibility index (Phi) is 13.2. The molecule has 0 atom stereocenters. The minimum atomic E-state index is -3.74. The lowest BCUT2D eigenvalue weighted by Gasteiger charge is -2.08. The van der Waals surface area contributed by atoms with Gasteiger partial charge in [0.05, 0.1) is 71.0 Å². The molecule has 0 saturated carbocycles. The number of aryl methyl sites for hydroxylation is 1. The van der Waals surface area contributed by atoms with Gasteiger partial charge in [0.2, 0.25) is 0 Å². The van der Waals surface area contributed by atoms with Crippen molar-refractivity contribution >= 4 is 10.1 Å². The Balaban J connectivity index is 1.91. The van der Waals surface area contributed by atoms with Gasteiger partial charge in [-0.15, -0.1) is 0 Å². The summed E-state index contributed by atoms with van der Waals surface area (Å²) in [7, 11) is -2.11. The molecule has 0 spiro atoms. The van der Waals surface area contributed by atoms with Gasteiger partial charge in [-0.3, -0.25) is 4.18 Å². The van der Waals surface area contributed by atoms with E-state index in [4.69, 9.17) is 27.9 Å². The van der Waals surface area contributed by atoms with Crippen LogP contribution >= 0.6 is 0 Å². The lowest BCUT2D eigenvalue weighted by atomic mass is 10.2. The third-order valence-corrected chi connectivity index (χ3v) is 4.65. The molecule has 1 aromatic carbocycles. The monoisotopic (exact) mass is 406 g/mol. The van der Waals surface area contributed by atoms with Gasteiger partial charge >= 0.3 is 0 Å². The predicted octanol–water partition coefficient (Wildman–Crippen LogP) is 1.41. The summed E-state index contributed by atoms with van der Waals surface area (Å²) in [6.07, 6.45) is 0. The smallest absolute Gasteiger partial charge is 0.297 e. The first-order chi connectivity index (χ1) is 13.1. The number of methoxy groups -OCH3 is 1. The second kappa shape index (κ2) is 14.9. The van der Waals surface area contributed by atoms with Crippen molar-refractivity contribution in [2.75, 3.05) is 73.2 Å². The van der Waals surface area contributed by atoms with E-state index in [2.05, 4.69) is 0 Å². The van der Waals surface area contributed by atoms with Crippen molar-refractivity contribution in [1.29, 1.82) is 0 Å². The number of benzene rings is 1. The molecular formula is C18H30O8S. The summed E-state index contributed by atoms with van der Waals surface area (Å²) in [6, 6.07) is 6.49. The molecule has 27 heavy (non-hydrogen) atoms. The topological polar surface area (TPSA) is 89.5 Å². The van der Waals surface area contributed by atoms with Gasteiger partial charge < -0.3 is 23.7 Å². The Morgan fingerprint density at radius 2 is 1.07 bits per heavy atom. The van der Waals surface area contributed by atoms with E-state index in [0.717, 1.165) is 5.56 Å². The molecule has 0 saturated heterocycles. The lowest BCUT2D eigenvalue weighted by Crippen LogP contribution is -2.15. The standard InChI is InChI=1S/C18H30O8S/c1-17-3-5-18(6-4-17)27(19,20)26-16-15-25-14-13-24-12-11-23-10-9-22-8-7-21-2/h3-6H,7-16H2,1-2H3. The summed E-state index contributed by atoms with van der Waals surface area (Å²) in [6.45, 7) is 5.88. The Morgan fingerprint density at radius 3 is 1.52 bits per heavy atom. The van der Waals surface area contributed by atoms with Gasteiger partial charge in [0, 0.05) is 7.11 Å². The van der Waals surface area contributed by atoms with Crippen molar-refractivity contribution in [2.24, 2.45) is 0 Å². The van der Waals surface area contributed by atoms with Crippen LogP contribution in [0.3, 0.4) is 0 Å². The van der Waals surface area contributed by atoms with Crippen LogP contribution in [0, 0.1) is 6.92 Å². The molecule has 0 N–H and O–H groups in total. The third-order valence-electron chi connectivity index (χ3n) is 3.32. The molecule has 0 heterocycles. The van der Waals surface area contributed by atoms with E-state index in [-0.39, 0.29) is 18.1 Å². The quantitative estimate of drug-likeness (QED) is 0.283. The van der Waals surface area contributed by atoms with Crippen LogP contribution in [0.25, 0.3) is 0 Å². The molecule has 156 valence electrons. The second-order valence-corrected chi connectivity index (χ2v) is 7.15. The van der Waals surface area contributed by atoms with E-state index in [1.54, 1.807) is 19.2 Å². The molecule has 1 aromatic rings. The Morgan fingerprint density at radius 1 is 0.667 bits per heavy atom. The first-order valence-electron chi connectivity index (χ1n) is 8.82. The molecule has 0 amide bonds. The van der Waals surface area contributed by atoms with Crippen molar-refractivity contribution in [3.8, 4) is 0 Å². The highest BCUT2D eigenvalue weighted by molar-refractivity contribution is 7.86. The maximum atomic E-state index is 11.9. The summed E-state index contributed by atoms with van der Waals surface area (Å²) in [5.74, 6) is 0.